The zero-order valence-electron chi connectivity index (χ0n) is 11.0. The maximum atomic E-state index is 11.3. The number of amides is 1. The molecule has 0 unspecified atom stereocenters. The number of fused-ring (bicyclic) bond motifs is 5. The molecule has 4 rings (SSSR count). The van der Waals surface area contributed by atoms with Crippen molar-refractivity contribution in [3.63, 3.8) is 0 Å². The highest BCUT2D eigenvalue weighted by atomic mass is 16.1. The molecule has 1 saturated heterocycles. The molecular formula is C15H19N3O. The number of primary amides is 1. The Bertz CT molecular complexity index is 512. The third-order valence-electron chi connectivity index (χ3n) is 5.49. The van der Waals surface area contributed by atoms with E-state index < -0.39 is 0 Å². The van der Waals surface area contributed by atoms with Crippen LogP contribution in [0.3, 0.4) is 0 Å². The highest BCUT2D eigenvalue weighted by Crippen LogP contribution is 2.55. The highest BCUT2D eigenvalue weighted by molar-refractivity contribution is 5.93. The van der Waals surface area contributed by atoms with E-state index in [4.69, 9.17) is 5.73 Å². The van der Waals surface area contributed by atoms with Crippen molar-refractivity contribution in [2.24, 2.45) is 29.4 Å². The Balaban J connectivity index is 1.58. The summed E-state index contributed by atoms with van der Waals surface area (Å²) < 4.78 is 0. The highest BCUT2D eigenvalue weighted by Gasteiger charge is 2.51. The van der Waals surface area contributed by atoms with Gasteiger partial charge in [0.15, 0.2) is 0 Å². The Labute approximate surface area is 113 Å². The topological polar surface area (TPSA) is 59.2 Å². The van der Waals surface area contributed by atoms with Gasteiger partial charge < -0.3 is 10.6 Å². The minimum atomic E-state index is -0.372. The normalized spacial score (nSPS) is 35.7. The fourth-order valence-electron chi connectivity index (χ4n) is 4.61. The largest absolute Gasteiger partial charge is 0.366 e. The van der Waals surface area contributed by atoms with E-state index in [9.17, 15) is 4.79 Å². The molecule has 0 aromatic carbocycles. The molecule has 2 heterocycles. The molecule has 4 atom stereocenters. The van der Waals surface area contributed by atoms with E-state index in [2.05, 4.69) is 9.88 Å². The van der Waals surface area contributed by atoms with Crippen LogP contribution in [0.4, 0.5) is 5.82 Å². The maximum Gasteiger partial charge on any atom is 0.248 e. The van der Waals surface area contributed by atoms with Crippen molar-refractivity contribution in [3.05, 3.63) is 23.9 Å². The van der Waals surface area contributed by atoms with Gasteiger partial charge in [-0.05, 0) is 55.1 Å². The van der Waals surface area contributed by atoms with Gasteiger partial charge in [-0.3, -0.25) is 4.79 Å². The molecule has 0 radical (unpaired) electrons. The molecule has 1 amide bonds. The molecule has 3 fully saturated rings. The summed E-state index contributed by atoms with van der Waals surface area (Å²) in [7, 11) is 0. The SMILES string of the molecule is NC(=O)c1ccnc(N2C[C@@H]3[C@@H]4CC[C@@H](C4)[C@@H]3C2)c1. The Morgan fingerprint density at radius 1 is 1.26 bits per heavy atom. The van der Waals surface area contributed by atoms with E-state index in [0.717, 1.165) is 42.6 Å². The molecule has 2 aliphatic carbocycles. The van der Waals surface area contributed by atoms with Crippen molar-refractivity contribution in [2.75, 3.05) is 18.0 Å². The molecule has 0 spiro atoms. The van der Waals surface area contributed by atoms with E-state index in [-0.39, 0.29) is 5.91 Å². The summed E-state index contributed by atoms with van der Waals surface area (Å²) >= 11 is 0. The van der Waals surface area contributed by atoms with Gasteiger partial charge in [0.05, 0.1) is 0 Å². The van der Waals surface area contributed by atoms with E-state index in [1.807, 2.05) is 6.07 Å². The summed E-state index contributed by atoms with van der Waals surface area (Å²) in [4.78, 5) is 18.0. The molecule has 19 heavy (non-hydrogen) atoms. The van der Waals surface area contributed by atoms with Crippen molar-refractivity contribution in [3.8, 4) is 0 Å². The molecule has 2 bridgehead atoms. The second-order valence-corrected chi connectivity index (χ2v) is 6.33. The van der Waals surface area contributed by atoms with Gasteiger partial charge in [-0.2, -0.15) is 0 Å². The summed E-state index contributed by atoms with van der Waals surface area (Å²) in [6.07, 6.45) is 6.00. The maximum absolute atomic E-state index is 11.3. The van der Waals surface area contributed by atoms with Crippen LogP contribution in [0, 0.1) is 23.7 Å². The Morgan fingerprint density at radius 2 is 1.95 bits per heavy atom. The van der Waals surface area contributed by atoms with E-state index >= 15 is 0 Å². The van der Waals surface area contributed by atoms with Crippen LogP contribution in [0.2, 0.25) is 0 Å². The van der Waals surface area contributed by atoms with Gasteiger partial charge in [0.25, 0.3) is 0 Å². The number of hydrogen-bond donors (Lipinski definition) is 1. The van der Waals surface area contributed by atoms with Gasteiger partial charge >= 0.3 is 0 Å². The quantitative estimate of drug-likeness (QED) is 0.876. The van der Waals surface area contributed by atoms with Crippen LogP contribution in [0.15, 0.2) is 18.3 Å². The predicted octanol–water partition coefficient (Wildman–Crippen LogP) is 1.66. The molecule has 1 aromatic rings. The molecule has 3 aliphatic rings. The number of anilines is 1. The fourth-order valence-corrected chi connectivity index (χ4v) is 4.61. The predicted molar refractivity (Wildman–Crippen MR) is 72.8 cm³/mol. The van der Waals surface area contributed by atoms with Gasteiger partial charge in [-0.15, -0.1) is 0 Å². The van der Waals surface area contributed by atoms with Crippen molar-refractivity contribution < 1.29 is 4.79 Å². The van der Waals surface area contributed by atoms with Crippen molar-refractivity contribution >= 4 is 11.7 Å². The van der Waals surface area contributed by atoms with Crippen molar-refractivity contribution in [1.82, 2.24) is 4.98 Å². The monoisotopic (exact) mass is 257 g/mol. The second-order valence-electron chi connectivity index (χ2n) is 6.33. The Hall–Kier alpha value is -1.58. The lowest BCUT2D eigenvalue weighted by molar-refractivity contribution is 0.1000. The minimum Gasteiger partial charge on any atom is -0.366 e. The van der Waals surface area contributed by atoms with Crippen LogP contribution >= 0.6 is 0 Å². The van der Waals surface area contributed by atoms with Gasteiger partial charge in [0.1, 0.15) is 5.82 Å². The van der Waals surface area contributed by atoms with Gasteiger partial charge in [0, 0.05) is 24.8 Å². The van der Waals surface area contributed by atoms with Crippen LogP contribution in [0.25, 0.3) is 0 Å². The molecule has 2 N–H and O–H groups in total. The first kappa shape index (κ1) is 11.3. The molecule has 4 heteroatoms. The summed E-state index contributed by atoms with van der Waals surface area (Å²) in [5.41, 5.74) is 5.90. The fraction of sp³-hybridized carbons (Fsp3) is 0.600. The smallest absolute Gasteiger partial charge is 0.248 e. The van der Waals surface area contributed by atoms with E-state index in [0.29, 0.717) is 5.56 Å². The summed E-state index contributed by atoms with van der Waals surface area (Å²) in [5, 5.41) is 0. The average molecular weight is 257 g/mol. The summed E-state index contributed by atoms with van der Waals surface area (Å²) in [5.74, 6) is 4.16. The number of pyridine rings is 1. The van der Waals surface area contributed by atoms with Gasteiger partial charge in [0.2, 0.25) is 5.91 Å². The molecule has 2 saturated carbocycles. The molecule has 4 nitrogen and oxygen atoms in total. The van der Waals surface area contributed by atoms with E-state index in [1.54, 1.807) is 12.3 Å². The zero-order chi connectivity index (χ0) is 13.0. The Kier molecular flexibility index (Phi) is 2.34. The molecule has 1 aliphatic heterocycles. The number of rotatable bonds is 2. The third-order valence-corrected chi connectivity index (χ3v) is 5.49. The first-order valence-corrected chi connectivity index (χ1v) is 7.23. The molecular weight excluding hydrogens is 238 g/mol. The number of carbonyl (C=O) groups is 1. The standard InChI is InChI=1S/C15H19N3O/c16-15(19)11-3-4-17-14(6-11)18-7-12-9-1-2-10(5-9)13(12)8-18/h3-4,6,9-10,12-13H,1-2,5,7-8H2,(H2,16,19)/t9-,10+,12-,13+. The first-order chi connectivity index (χ1) is 9.22. The average Bonchev–Trinajstić information content (AvgIpc) is 3.11. The van der Waals surface area contributed by atoms with Crippen LogP contribution in [-0.4, -0.2) is 24.0 Å². The Morgan fingerprint density at radius 3 is 2.58 bits per heavy atom. The van der Waals surface area contributed by atoms with Crippen LogP contribution in [0.5, 0.6) is 0 Å². The lowest BCUT2D eigenvalue weighted by Gasteiger charge is -2.22. The van der Waals surface area contributed by atoms with E-state index in [1.165, 1.54) is 19.3 Å². The molecule has 100 valence electrons. The van der Waals surface area contributed by atoms with Crippen molar-refractivity contribution in [2.45, 2.75) is 19.3 Å². The number of aromatic nitrogens is 1. The molecule has 1 aromatic heterocycles. The summed E-state index contributed by atoms with van der Waals surface area (Å²) in [6, 6.07) is 3.53. The van der Waals surface area contributed by atoms with Crippen LogP contribution in [-0.2, 0) is 0 Å². The summed E-state index contributed by atoms with van der Waals surface area (Å²) in [6.45, 7) is 2.22. The van der Waals surface area contributed by atoms with Gasteiger partial charge in [-0.25, -0.2) is 4.98 Å². The number of carbonyl (C=O) groups excluding carboxylic acids is 1. The third kappa shape index (κ3) is 1.66. The van der Waals surface area contributed by atoms with Gasteiger partial charge in [-0.1, -0.05) is 0 Å². The second kappa shape index (κ2) is 3.95. The van der Waals surface area contributed by atoms with Crippen LogP contribution in [0.1, 0.15) is 29.6 Å². The number of nitrogens with two attached hydrogens (primary N) is 1. The lowest BCUT2D eigenvalue weighted by Crippen LogP contribution is -2.24. The van der Waals surface area contributed by atoms with Crippen LogP contribution < -0.4 is 10.6 Å². The lowest BCUT2D eigenvalue weighted by atomic mass is 9.82. The number of hydrogen-bond acceptors (Lipinski definition) is 3. The minimum absolute atomic E-state index is 0.372. The number of nitrogens with zero attached hydrogens (tertiary/aromatic N) is 2. The zero-order valence-corrected chi connectivity index (χ0v) is 11.0. The first-order valence-electron chi connectivity index (χ1n) is 7.23. The van der Waals surface area contributed by atoms with Crippen molar-refractivity contribution in [1.29, 1.82) is 0 Å².